The maximum atomic E-state index is 12.5. The number of ether oxygens (including phenoxy) is 1. The van der Waals surface area contributed by atoms with Crippen LogP contribution in [0.2, 0.25) is 5.02 Å². The number of aromatic nitrogens is 2. The Balaban J connectivity index is 1.53. The van der Waals surface area contributed by atoms with Gasteiger partial charge in [-0.05, 0) is 55.3 Å². The van der Waals surface area contributed by atoms with E-state index in [1.165, 1.54) is 10.5 Å². The van der Waals surface area contributed by atoms with Gasteiger partial charge in [-0.25, -0.2) is 4.98 Å². The van der Waals surface area contributed by atoms with E-state index in [0.29, 0.717) is 33.4 Å². The van der Waals surface area contributed by atoms with E-state index in [9.17, 15) is 9.59 Å². The van der Waals surface area contributed by atoms with Gasteiger partial charge in [0.15, 0.2) is 0 Å². The minimum atomic E-state index is -0.306. The predicted molar refractivity (Wildman–Crippen MR) is 121 cm³/mol. The number of aryl methyl sites for hydroxylation is 2. The summed E-state index contributed by atoms with van der Waals surface area (Å²) < 4.78 is 7.41. The zero-order valence-corrected chi connectivity index (χ0v) is 17.8. The molecule has 1 amide bonds. The van der Waals surface area contributed by atoms with E-state index in [-0.39, 0.29) is 18.1 Å². The number of rotatable bonds is 5. The van der Waals surface area contributed by atoms with Crippen LogP contribution in [0.3, 0.4) is 0 Å². The van der Waals surface area contributed by atoms with E-state index in [1.54, 1.807) is 42.6 Å². The molecule has 0 aliphatic carbocycles. The summed E-state index contributed by atoms with van der Waals surface area (Å²) in [6.45, 7) is 3.98. The van der Waals surface area contributed by atoms with Crippen LogP contribution in [0.1, 0.15) is 27.2 Å². The summed E-state index contributed by atoms with van der Waals surface area (Å²) in [5, 5.41) is 3.21. The first-order valence-electron chi connectivity index (χ1n) is 9.69. The van der Waals surface area contributed by atoms with Crippen molar-refractivity contribution in [1.29, 1.82) is 0 Å². The summed E-state index contributed by atoms with van der Waals surface area (Å²) in [4.78, 5) is 29.4. The van der Waals surface area contributed by atoms with Gasteiger partial charge in [0.05, 0.1) is 16.3 Å². The van der Waals surface area contributed by atoms with Crippen molar-refractivity contribution in [2.24, 2.45) is 0 Å². The first-order valence-corrected chi connectivity index (χ1v) is 10.1. The molecule has 7 heteroatoms. The third-order valence-electron chi connectivity index (χ3n) is 4.82. The molecule has 156 valence electrons. The standard InChI is InChI=1S/C24H20ClN3O3/c1-15-9-10-28-22(11-15)26-18(13-23(28)29)14-31-21-12-17(8-7-16(21)2)27-24(30)19-5-3-4-6-20(19)25/h3-13H,14H2,1-2H3,(H,27,30). The number of hydrogen-bond donors (Lipinski definition) is 1. The van der Waals surface area contributed by atoms with Crippen LogP contribution in [0.15, 0.2) is 71.7 Å². The van der Waals surface area contributed by atoms with Crippen LogP contribution in [0.5, 0.6) is 5.75 Å². The molecule has 0 fully saturated rings. The predicted octanol–water partition coefficient (Wildman–Crippen LogP) is 4.80. The van der Waals surface area contributed by atoms with Crippen molar-refractivity contribution in [3.05, 3.63) is 105 Å². The summed E-state index contributed by atoms with van der Waals surface area (Å²) >= 11 is 6.10. The van der Waals surface area contributed by atoms with Gasteiger partial charge in [0.1, 0.15) is 18.0 Å². The average molecular weight is 434 g/mol. The number of pyridine rings is 1. The van der Waals surface area contributed by atoms with E-state index in [0.717, 1.165) is 11.1 Å². The van der Waals surface area contributed by atoms with Crippen LogP contribution in [0.25, 0.3) is 5.65 Å². The quantitative estimate of drug-likeness (QED) is 0.491. The second-order valence-corrected chi connectivity index (χ2v) is 7.63. The van der Waals surface area contributed by atoms with Crippen LogP contribution in [-0.4, -0.2) is 15.3 Å². The molecule has 0 atom stereocenters. The maximum absolute atomic E-state index is 12.5. The van der Waals surface area contributed by atoms with E-state index in [4.69, 9.17) is 16.3 Å². The molecule has 0 radical (unpaired) electrons. The fourth-order valence-electron chi connectivity index (χ4n) is 3.16. The van der Waals surface area contributed by atoms with Crippen molar-refractivity contribution in [3.63, 3.8) is 0 Å². The molecule has 4 aromatic rings. The number of halogens is 1. The second kappa shape index (κ2) is 8.62. The van der Waals surface area contributed by atoms with Crippen LogP contribution in [0.4, 0.5) is 5.69 Å². The minimum Gasteiger partial charge on any atom is -0.487 e. The number of benzene rings is 2. The number of fused-ring (bicyclic) bond motifs is 1. The zero-order chi connectivity index (χ0) is 22.0. The van der Waals surface area contributed by atoms with Gasteiger partial charge in [0.2, 0.25) is 0 Å². The van der Waals surface area contributed by atoms with E-state index in [1.807, 2.05) is 32.0 Å². The lowest BCUT2D eigenvalue weighted by molar-refractivity contribution is 0.102. The monoisotopic (exact) mass is 433 g/mol. The molecule has 0 bridgehead atoms. The Kier molecular flexibility index (Phi) is 5.73. The van der Waals surface area contributed by atoms with Crippen molar-refractivity contribution >= 4 is 28.8 Å². The lowest BCUT2D eigenvalue weighted by atomic mass is 10.1. The fraction of sp³-hybridized carbons (Fsp3) is 0.125. The highest BCUT2D eigenvalue weighted by atomic mass is 35.5. The Labute approximate surface area is 184 Å². The first-order chi connectivity index (χ1) is 14.9. The smallest absolute Gasteiger partial charge is 0.258 e. The van der Waals surface area contributed by atoms with Gasteiger partial charge in [-0.1, -0.05) is 29.8 Å². The van der Waals surface area contributed by atoms with Crippen LogP contribution in [-0.2, 0) is 6.61 Å². The van der Waals surface area contributed by atoms with Gasteiger partial charge in [-0.3, -0.25) is 14.0 Å². The first kappa shape index (κ1) is 20.6. The zero-order valence-electron chi connectivity index (χ0n) is 17.1. The SMILES string of the molecule is Cc1ccn2c(=O)cc(COc3cc(NC(=O)c4ccccc4Cl)ccc3C)nc2c1. The maximum Gasteiger partial charge on any atom is 0.258 e. The van der Waals surface area contributed by atoms with Gasteiger partial charge in [0, 0.05) is 24.0 Å². The summed E-state index contributed by atoms with van der Waals surface area (Å²) in [5.74, 6) is 0.281. The highest BCUT2D eigenvalue weighted by Gasteiger charge is 2.11. The van der Waals surface area contributed by atoms with Gasteiger partial charge in [-0.2, -0.15) is 0 Å². The van der Waals surface area contributed by atoms with Gasteiger partial charge < -0.3 is 10.1 Å². The van der Waals surface area contributed by atoms with Crippen molar-refractivity contribution < 1.29 is 9.53 Å². The molecular weight excluding hydrogens is 414 g/mol. The summed E-state index contributed by atoms with van der Waals surface area (Å²) in [5.41, 5.74) is 3.81. The van der Waals surface area contributed by atoms with Crippen molar-refractivity contribution in [2.75, 3.05) is 5.32 Å². The van der Waals surface area contributed by atoms with Crippen molar-refractivity contribution in [1.82, 2.24) is 9.38 Å². The largest absolute Gasteiger partial charge is 0.487 e. The third kappa shape index (κ3) is 4.59. The van der Waals surface area contributed by atoms with E-state index < -0.39 is 0 Å². The van der Waals surface area contributed by atoms with Crippen LogP contribution >= 0.6 is 11.6 Å². The summed E-state index contributed by atoms with van der Waals surface area (Å²) in [6.07, 6.45) is 1.71. The molecule has 2 aromatic carbocycles. The van der Waals surface area contributed by atoms with Gasteiger partial charge in [0.25, 0.3) is 11.5 Å². The van der Waals surface area contributed by atoms with Crippen LogP contribution < -0.4 is 15.6 Å². The molecular formula is C24H20ClN3O3. The van der Waals surface area contributed by atoms with Gasteiger partial charge in [-0.15, -0.1) is 0 Å². The van der Waals surface area contributed by atoms with Gasteiger partial charge >= 0.3 is 0 Å². The molecule has 2 heterocycles. The molecule has 2 aromatic heterocycles. The molecule has 0 aliphatic rings. The fourth-order valence-corrected chi connectivity index (χ4v) is 3.38. The van der Waals surface area contributed by atoms with Crippen molar-refractivity contribution in [2.45, 2.75) is 20.5 Å². The third-order valence-corrected chi connectivity index (χ3v) is 5.15. The average Bonchev–Trinajstić information content (AvgIpc) is 2.74. The highest BCUT2D eigenvalue weighted by molar-refractivity contribution is 6.34. The lowest BCUT2D eigenvalue weighted by Gasteiger charge is -2.12. The van der Waals surface area contributed by atoms with E-state index >= 15 is 0 Å². The number of carbonyl (C=O) groups is 1. The minimum absolute atomic E-state index is 0.127. The molecule has 1 N–H and O–H groups in total. The number of nitrogens with one attached hydrogen (secondary N) is 1. The Hall–Kier alpha value is -3.64. The number of hydrogen-bond acceptors (Lipinski definition) is 4. The number of carbonyl (C=O) groups excluding carboxylic acids is 1. The Morgan fingerprint density at radius 1 is 1.10 bits per heavy atom. The topological polar surface area (TPSA) is 72.7 Å². The highest BCUT2D eigenvalue weighted by Crippen LogP contribution is 2.25. The van der Waals surface area contributed by atoms with Crippen LogP contribution in [0, 0.1) is 13.8 Å². The Morgan fingerprint density at radius 2 is 1.90 bits per heavy atom. The Bertz CT molecular complexity index is 1350. The molecule has 0 saturated carbocycles. The Morgan fingerprint density at radius 3 is 2.71 bits per heavy atom. The summed E-state index contributed by atoms with van der Waals surface area (Å²) in [6, 6.07) is 17.4. The molecule has 0 saturated heterocycles. The molecule has 31 heavy (non-hydrogen) atoms. The number of nitrogens with zero attached hydrogens (tertiary/aromatic N) is 2. The molecule has 0 aliphatic heterocycles. The van der Waals surface area contributed by atoms with E-state index in [2.05, 4.69) is 10.3 Å². The number of anilines is 1. The molecule has 0 unspecified atom stereocenters. The summed E-state index contributed by atoms with van der Waals surface area (Å²) in [7, 11) is 0. The van der Waals surface area contributed by atoms with Crippen molar-refractivity contribution in [3.8, 4) is 5.75 Å². The molecule has 6 nitrogen and oxygen atoms in total. The lowest BCUT2D eigenvalue weighted by Crippen LogP contribution is -2.16. The second-order valence-electron chi connectivity index (χ2n) is 7.22. The normalized spacial score (nSPS) is 10.8. The number of amides is 1. The molecule has 4 rings (SSSR count). The molecule has 0 spiro atoms.